The highest BCUT2D eigenvalue weighted by Gasteiger charge is 2.33. The fourth-order valence-corrected chi connectivity index (χ4v) is 5.69. The predicted molar refractivity (Wildman–Crippen MR) is 135 cm³/mol. The molecular formula is C28H33N3O3. The number of nitrogens with zero attached hydrogens (tertiary/aromatic N) is 3. The number of carbonyl (C=O) groups is 2. The zero-order chi connectivity index (χ0) is 23.8. The first-order valence-electron chi connectivity index (χ1n) is 12.3. The number of rotatable bonds is 5. The van der Waals surface area contributed by atoms with Gasteiger partial charge in [-0.25, -0.2) is 4.79 Å². The van der Waals surface area contributed by atoms with E-state index in [1.165, 1.54) is 31.9 Å². The van der Waals surface area contributed by atoms with Gasteiger partial charge in [0.1, 0.15) is 6.54 Å². The highest BCUT2D eigenvalue weighted by Crippen LogP contribution is 2.47. The number of hydrogen-bond acceptors (Lipinski definition) is 4. The van der Waals surface area contributed by atoms with Crippen LogP contribution >= 0.6 is 0 Å². The third-order valence-corrected chi connectivity index (χ3v) is 7.35. The van der Waals surface area contributed by atoms with Gasteiger partial charge in [0.25, 0.3) is 0 Å². The molecule has 2 aliphatic rings. The molecule has 178 valence electrons. The molecule has 1 amide bonds. The molecule has 2 aromatic carbocycles. The molecule has 0 saturated heterocycles. The van der Waals surface area contributed by atoms with Crippen LogP contribution in [0, 0.1) is 0 Å². The van der Waals surface area contributed by atoms with Crippen LogP contribution in [-0.4, -0.2) is 55.6 Å². The third-order valence-electron chi connectivity index (χ3n) is 7.35. The molecule has 2 heterocycles. The highest BCUT2D eigenvalue weighted by molar-refractivity contribution is 6.05. The number of benzene rings is 2. The second kappa shape index (κ2) is 9.26. The first-order valence-corrected chi connectivity index (χ1v) is 12.3. The largest absolute Gasteiger partial charge is 0.465 e. The van der Waals surface area contributed by atoms with Gasteiger partial charge in [-0.3, -0.25) is 4.79 Å². The first kappa shape index (κ1) is 22.7. The number of anilines is 1. The van der Waals surface area contributed by atoms with E-state index in [2.05, 4.69) is 33.7 Å². The van der Waals surface area contributed by atoms with Gasteiger partial charge in [-0.2, -0.15) is 0 Å². The van der Waals surface area contributed by atoms with Crippen molar-refractivity contribution in [1.29, 1.82) is 0 Å². The molecule has 34 heavy (non-hydrogen) atoms. The number of methoxy groups -OCH3 is 1. The number of fused-ring (bicyclic) bond motifs is 5. The van der Waals surface area contributed by atoms with Gasteiger partial charge in [0.15, 0.2) is 0 Å². The van der Waals surface area contributed by atoms with Crippen molar-refractivity contribution in [1.82, 2.24) is 9.47 Å². The topological polar surface area (TPSA) is 54.8 Å². The van der Waals surface area contributed by atoms with Crippen molar-refractivity contribution in [2.24, 2.45) is 0 Å². The van der Waals surface area contributed by atoms with Crippen LogP contribution in [-0.2, 0) is 16.1 Å². The van der Waals surface area contributed by atoms with Crippen LogP contribution in [0.3, 0.4) is 0 Å². The summed E-state index contributed by atoms with van der Waals surface area (Å²) >= 11 is 0. The molecule has 6 heteroatoms. The summed E-state index contributed by atoms with van der Waals surface area (Å²) in [6.45, 7) is 1.68. The van der Waals surface area contributed by atoms with E-state index in [4.69, 9.17) is 4.74 Å². The number of esters is 1. The molecular weight excluding hydrogens is 426 g/mol. The lowest BCUT2D eigenvalue weighted by Crippen LogP contribution is -2.37. The smallest absolute Gasteiger partial charge is 0.337 e. The number of amides is 1. The van der Waals surface area contributed by atoms with Crippen molar-refractivity contribution in [3.63, 3.8) is 0 Å². The summed E-state index contributed by atoms with van der Waals surface area (Å²) in [6.07, 6.45) is 6.06. The summed E-state index contributed by atoms with van der Waals surface area (Å²) in [6, 6.07) is 14.1. The van der Waals surface area contributed by atoms with Crippen molar-refractivity contribution in [3.8, 4) is 11.3 Å². The summed E-state index contributed by atoms with van der Waals surface area (Å²) in [4.78, 5) is 30.0. The molecule has 5 rings (SSSR count). The zero-order valence-corrected chi connectivity index (χ0v) is 20.3. The average molecular weight is 460 g/mol. The van der Waals surface area contributed by atoms with Gasteiger partial charge in [-0.05, 0) is 56.6 Å². The lowest BCUT2D eigenvalue weighted by atomic mass is 9.81. The minimum atomic E-state index is -0.357. The van der Waals surface area contributed by atoms with E-state index in [0.717, 1.165) is 47.2 Å². The van der Waals surface area contributed by atoms with Gasteiger partial charge in [0, 0.05) is 24.0 Å². The Morgan fingerprint density at radius 3 is 2.59 bits per heavy atom. The molecule has 0 bridgehead atoms. The minimum absolute atomic E-state index is 0.0728. The Morgan fingerprint density at radius 2 is 1.85 bits per heavy atom. The fraction of sp³-hybridized carbons (Fsp3) is 0.429. The van der Waals surface area contributed by atoms with E-state index < -0.39 is 0 Å². The van der Waals surface area contributed by atoms with Gasteiger partial charge in [0.2, 0.25) is 5.91 Å². The molecule has 0 atom stereocenters. The van der Waals surface area contributed by atoms with Crippen LogP contribution in [0.5, 0.6) is 0 Å². The summed E-state index contributed by atoms with van der Waals surface area (Å²) in [7, 11) is 5.46. The maximum absolute atomic E-state index is 13.7. The number of ether oxygens (including phenoxy) is 1. The van der Waals surface area contributed by atoms with Gasteiger partial charge >= 0.3 is 5.97 Å². The van der Waals surface area contributed by atoms with E-state index >= 15 is 0 Å². The van der Waals surface area contributed by atoms with Crippen molar-refractivity contribution >= 4 is 28.5 Å². The highest BCUT2D eigenvalue weighted by atomic mass is 16.5. The van der Waals surface area contributed by atoms with Crippen LogP contribution in [0.2, 0.25) is 0 Å². The number of likely N-dealkylation sites (N-methyl/N-ethyl adjacent to an activating group) is 1. The van der Waals surface area contributed by atoms with E-state index in [9.17, 15) is 9.59 Å². The molecule has 1 aliphatic carbocycles. The van der Waals surface area contributed by atoms with Crippen molar-refractivity contribution in [2.75, 3.05) is 39.2 Å². The monoisotopic (exact) mass is 459 g/mol. The Kier molecular flexibility index (Phi) is 6.17. The second-order valence-electron chi connectivity index (χ2n) is 9.77. The van der Waals surface area contributed by atoms with Crippen molar-refractivity contribution in [3.05, 3.63) is 53.6 Å². The average Bonchev–Trinajstić information content (AvgIpc) is 3.10. The Bertz CT molecular complexity index is 1240. The normalized spacial score (nSPS) is 16.5. The van der Waals surface area contributed by atoms with Crippen LogP contribution in [0.1, 0.15) is 53.9 Å². The molecule has 1 aromatic heterocycles. The van der Waals surface area contributed by atoms with Crippen molar-refractivity contribution < 1.29 is 14.3 Å². The Balaban J connectivity index is 1.77. The van der Waals surface area contributed by atoms with E-state index in [0.29, 0.717) is 18.0 Å². The van der Waals surface area contributed by atoms with Crippen LogP contribution < -0.4 is 4.90 Å². The van der Waals surface area contributed by atoms with Crippen LogP contribution in [0.15, 0.2) is 42.5 Å². The molecule has 0 radical (unpaired) electrons. The van der Waals surface area contributed by atoms with Gasteiger partial charge in [-0.1, -0.05) is 43.5 Å². The Hall–Kier alpha value is -3.12. The Morgan fingerprint density at radius 1 is 1.09 bits per heavy atom. The molecule has 3 aromatic rings. The lowest BCUT2D eigenvalue weighted by Gasteiger charge is -2.26. The van der Waals surface area contributed by atoms with Gasteiger partial charge < -0.3 is 19.1 Å². The molecule has 0 unspecified atom stereocenters. The van der Waals surface area contributed by atoms with Crippen molar-refractivity contribution in [2.45, 2.75) is 44.6 Å². The number of carbonyl (C=O) groups excluding carboxylic acids is 2. The van der Waals surface area contributed by atoms with E-state index in [1.807, 2.05) is 37.2 Å². The maximum Gasteiger partial charge on any atom is 0.337 e. The van der Waals surface area contributed by atoms with Gasteiger partial charge in [0.05, 0.1) is 29.6 Å². The third kappa shape index (κ3) is 3.90. The number of aromatic nitrogens is 1. The van der Waals surface area contributed by atoms with E-state index in [-0.39, 0.29) is 18.4 Å². The van der Waals surface area contributed by atoms with Crippen LogP contribution in [0.25, 0.3) is 22.2 Å². The predicted octanol–water partition coefficient (Wildman–Crippen LogP) is 5.05. The number of hydrogen-bond donors (Lipinski definition) is 0. The fourth-order valence-electron chi connectivity index (χ4n) is 5.69. The molecule has 0 N–H and O–H groups in total. The molecule has 1 fully saturated rings. The summed E-state index contributed by atoms with van der Waals surface area (Å²) < 4.78 is 7.15. The van der Waals surface area contributed by atoms with Gasteiger partial charge in [-0.15, -0.1) is 0 Å². The Labute approximate surface area is 201 Å². The maximum atomic E-state index is 13.7. The molecule has 1 aliphatic heterocycles. The standard InChI is InChI=1S/C28H33N3O3/c1-29(2)15-16-30-23-12-8-7-11-22(23)27-26(19-9-5-4-6-10-19)21-14-13-20(28(33)34-3)17-24(21)31(27)18-25(30)32/h7-8,11-14,17,19H,4-6,9-10,15-16,18H2,1-3H3. The van der Waals surface area contributed by atoms with Crippen LogP contribution in [0.4, 0.5) is 5.69 Å². The quantitative estimate of drug-likeness (QED) is 0.501. The number of para-hydroxylation sites is 1. The molecule has 6 nitrogen and oxygen atoms in total. The summed E-state index contributed by atoms with van der Waals surface area (Å²) in [5.74, 6) is 0.168. The minimum Gasteiger partial charge on any atom is -0.465 e. The zero-order valence-electron chi connectivity index (χ0n) is 20.3. The first-order chi connectivity index (χ1) is 16.5. The summed E-state index contributed by atoms with van der Waals surface area (Å²) in [5, 5.41) is 1.15. The molecule has 0 spiro atoms. The van der Waals surface area contributed by atoms with E-state index in [1.54, 1.807) is 0 Å². The molecule has 1 saturated carbocycles. The SMILES string of the molecule is COC(=O)c1ccc2c(C3CCCCC3)c3n(c2c1)CC(=O)N(CCN(C)C)c1ccccc1-3. The second-order valence-corrected chi connectivity index (χ2v) is 9.77. The lowest BCUT2D eigenvalue weighted by molar-refractivity contribution is -0.119. The summed E-state index contributed by atoms with van der Waals surface area (Å²) in [5.41, 5.74) is 6.00.